The smallest absolute Gasteiger partial charge is 0.237 e. The van der Waals surface area contributed by atoms with Crippen molar-refractivity contribution in [1.29, 1.82) is 0 Å². The highest BCUT2D eigenvalue weighted by Crippen LogP contribution is 2.34. The molecule has 2 aliphatic heterocycles. The highest BCUT2D eigenvalue weighted by atomic mass is 16.2. The van der Waals surface area contributed by atoms with E-state index in [4.69, 9.17) is 0 Å². The molecule has 0 aromatic rings. The maximum absolute atomic E-state index is 13.0. The van der Waals surface area contributed by atoms with Crippen molar-refractivity contribution >= 4 is 5.91 Å². The summed E-state index contributed by atoms with van der Waals surface area (Å²) in [6.07, 6.45) is 10.3. The first kappa shape index (κ1) is 17.7. The van der Waals surface area contributed by atoms with Gasteiger partial charge in [-0.15, -0.1) is 0 Å². The summed E-state index contributed by atoms with van der Waals surface area (Å²) in [5.74, 6) is 0.417. The summed E-state index contributed by atoms with van der Waals surface area (Å²) >= 11 is 0. The molecule has 2 saturated heterocycles. The number of hydrogen-bond acceptors (Lipinski definition) is 4. The van der Waals surface area contributed by atoms with Crippen molar-refractivity contribution in [3.05, 3.63) is 0 Å². The van der Waals surface area contributed by atoms with E-state index in [0.29, 0.717) is 24.5 Å². The van der Waals surface area contributed by atoms with Crippen LogP contribution in [-0.2, 0) is 4.79 Å². The summed E-state index contributed by atoms with van der Waals surface area (Å²) in [5.41, 5.74) is 0. The quantitative estimate of drug-likeness (QED) is 0.755. The van der Waals surface area contributed by atoms with Crippen LogP contribution in [0.4, 0.5) is 0 Å². The first-order valence-electron chi connectivity index (χ1n) is 10.7. The molecule has 4 rings (SSSR count). The minimum Gasteiger partial charge on any atom is -0.336 e. The van der Waals surface area contributed by atoms with Crippen LogP contribution in [0.3, 0.4) is 0 Å². The van der Waals surface area contributed by atoms with Crippen LogP contribution < -0.4 is 0 Å². The molecular formula is C20H36N4O. The van der Waals surface area contributed by atoms with E-state index in [1.807, 2.05) is 0 Å². The van der Waals surface area contributed by atoms with E-state index in [-0.39, 0.29) is 0 Å². The Morgan fingerprint density at radius 2 is 1.56 bits per heavy atom. The van der Waals surface area contributed by atoms with Gasteiger partial charge in [0, 0.05) is 50.8 Å². The Bertz CT molecular complexity index is 453. The van der Waals surface area contributed by atoms with Gasteiger partial charge >= 0.3 is 0 Å². The van der Waals surface area contributed by atoms with Gasteiger partial charge in [-0.25, -0.2) is 0 Å². The molecule has 4 aliphatic rings. The molecule has 0 spiro atoms. The van der Waals surface area contributed by atoms with Crippen molar-refractivity contribution in [2.75, 3.05) is 52.9 Å². The first-order chi connectivity index (χ1) is 12.2. The van der Waals surface area contributed by atoms with Gasteiger partial charge in [-0.05, 0) is 52.1 Å². The molecule has 0 aromatic heterocycles. The third-order valence-corrected chi connectivity index (χ3v) is 6.83. The van der Waals surface area contributed by atoms with Crippen LogP contribution in [0.1, 0.15) is 51.4 Å². The third kappa shape index (κ3) is 4.37. The first-order valence-corrected chi connectivity index (χ1v) is 10.7. The number of rotatable bonds is 5. The minimum absolute atomic E-state index is 0.417. The Morgan fingerprint density at radius 3 is 2.20 bits per heavy atom. The molecule has 1 atom stereocenters. The van der Waals surface area contributed by atoms with Gasteiger partial charge < -0.3 is 9.80 Å². The highest BCUT2D eigenvalue weighted by Gasteiger charge is 2.39. The van der Waals surface area contributed by atoms with E-state index >= 15 is 0 Å². The number of likely N-dealkylation sites (tertiary alicyclic amines) is 1. The van der Waals surface area contributed by atoms with E-state index in [1.54, 1.807) is 0 Å². The number of carbonyl (C=O) groups is 1. The zero-order valence-corrected chi connectivity index (χ0v) is 16.0. The lowest BCUT2D eigenvalue weighted by atomic mass is 10.0. The predicted octanol–water partition coefficient (Wildman–Crippen LogP) is 1.63. The molecule has 142 valence electrons. The normalized spacial score (nSPS) is 30.7. The summed E-state index contributed by atoms with van der Waals surface area (Å²) in [7, 11) is 2.25. The second-order valence-electron chi connectivity index (χ2n) is 8.84. The number of hydrogen-bond donors (Lipinski definition) is 0. The molecule has 1 unspecified atom stereocenters. The zero-order chi connectivity index (χ0) is 17.2. The van der Waals surface area contributed by atoms with E-state index in [0.717, 1.165) is 32.2 Å². The molecular weight excluding hydrogens is 312 g/mol. The summed E-state index contributed by atoms with van der Waals surface area (Å²) < 4.78 is 0. The molecule has 1 amide bonds. The Kier molecular flexibility index (Phi) is 5.63. The maximum atomic E-state index is 13.0. The second kappa shape index (κ2) is 7.93. The van der Waals surface area contributed by atoms with Crippen LogP contribution >= 0.6 is 0 Å². The van der Waals surface area contributed by atoms with Crippen LogP contribution in [0.2, 0.25) is 0 Å². The Balaban J connectivity index is 1.25. The molecule has 25 heavy (non-hydrogen) atoms. The molecule has 0 radical (unpaired) electrons. The lowest BCUT2D eigenvalue weighted by molar-refractivity contribution is -0.135. The monoisotopic (exact) mass is 348 g/mol. The standard InChI is InChI=1S/C20H36N4O/c1-21-10-4-7-19(15-21)23-13-11-22(12-14-23)16-20(25)24(18-8-9-18)17-5-2-3-6-17/h17-19H,2-16H2,1H3. The molecule has 5 nitrogen and oxygen atoms in total. The molecule has 2 saturated carbocycles. The van der Waals surface area contributed by atoms with Crippen LogP contribution in [-0.4, -0.2) is 96.5 Å². The van der Waals surface area contributed by atoms with Gasteiger partial charge in [-0.3, -0.25) is 14.6 Å². The molecule has 0 bridgehead atoms. The van der Waals surface area contributed by atoms with Crippen molar-refractivity contribution in [2.24, 2.45) is 0 Å². The zero-order valence-electron chi connectivity index (χ0n) is 16.0. The average Bonchev–Trinajstić information content (AvgIpc) is 3.29. The van der Waals surface area contributed by atoms with E-state index in [1.165, 1.54) is 64.5 Å². The van der Waals surface area contributed by atoms with Gasteiger partial charge in [0.05, 0.1) is 6.54 Å². The Hall–Kier alpha value is -0.650. The lowest BCUT2D eigenvalue weighted by Crippen LogP contribution is -2.56. The van der Waals surface area contributed by atoms with Crippen molar-refractivity contribution in [3.63, 3.8) is 0 Å². The van der Waals surface area contributed by atoms with E-state index < -0.39 is 0 Å². The maximum Gasteiger partial charge on any atom is 0.237 e. The molecule has 0 N–H and O–H groups in total. The molecule has 0 aromatic carbocycles. The van der Waals surface area contributed by atoms with Crippen molar-refractivity contribution in [1.82, 2.24) is 19.6 Å². The number of piperidine rings is 1. The van der Waals surface area contributed by atoms with Gasteiger partial charge in [0.2, 0.25) is 5.91 Å². The van der Waals surface area contributed by atoms with E-state index in [2.05, 4.69) is 26.6 Å². The van der Waals surface area contributed by atoms with E-state index in [9.17, 15) is 4.79 Å². The fraction of sp³-hybridized carbons (Fsp3) is 0.950. The summed E-state index contributed by atoms with van der Waals surface area (Å²) in [6, 6.07) is 1.87. The van der Waals surface area contributed by atoms with Gasteiger partial charge in [0.1, 0.15) is 0 Å². The fourth-order valence-corrected chi connectivity index (χ4v) is 5.24. The SMILES string of the molecule is CN1CCCC(N2CCN(CC(=O)N(C3CCCC3)C3CC3)CC2)C1. The number of amides is 1. The third-order valence-electron chi connectivity index (χ3n) is 6.83. The Morgan fingerprint density at radius 1 is 0.880 bits per heavy atom. The number of carbonyl (C=O) groups excluding carboxylic acids is 1. The Labute approximate surface area is 153 Å². The van der Waals surface area contributed by atoms with Gasteiger partial charge in [-0.1, -0.05) is 12.8 Å². The highest BCUT2D eigenvalue weighted by molar-refractivity contribution is 5.79. The minimum atomic E-state index is 0.417. The van der Waals surface area contributed by atoms with Crippen molar-refractivity contribution in [2.45, 2.75) is 69.5 Å². The van der Waals surface area contributed by atoms with Gasteiger partial charge in [0.15, 0.2) is 0 Å². The molecule has 2 heterocycles. The lowest BCUT2D eigenvalue weighted by Gasteiger charge is -2.43. The van der Waals surface area contributed by atoms with Crippen LogP contribution in [0, 0.1) is 0 Å². The number of nitrogens with zero attached hydrogens (tertiary/aromatic N) is 4. The number of piperazine rings is 1. The second-order valence-corrected chi connectivity index (χ2v) is 8.84. The van der Waals surface area contributed by atoms with Crippen LogP contribution in [0.5, 0.6) is 0 Å². The summed E-state index contributed by atoms with van der Waals surface area (Å²) in [6.45, 7) is 7.53. The topological polar surface area (TPSA) is 30.0 Å². The summed E-state index contributed by atoms with van der Waals surface area (Å²) in [4.78, 5) is 22.8. The predicted molar refractivity (Wildman–Crippen MR) is 101 cm³/mol. The van der Waals surface area contributed by atoms with Crippen molar-refractivity contribution in [3.8, 4) is 0 Å². The molecule has 5 heteroatoms. The van der Waals surface area contributed by atoms with Gasteiger partial charge in [0.25, 0.3) is 0 Å². The van der Waals surface area contributed by atoms with Crippen molar-refractivity contribution < 1.29 is 4.79 Å². The molecule has 4 fully saturated rings. The summed E-state index contributed by atoms with van der Waals surface area (Å²) in [5, 5.41) is 0. The molecule has 2 aliphatic carbocycles. The average molecular weight is 349 g/mol. The van der Waals surface area contributed by atoms with Gasteiger partial charge in [-0.2, -0.15) is 0 Å². The largest absolute Gasteiger partial charge is 0.336 e. The number of likely N-dealkylation sites (N-methyl/N-ethyl adjacent to an activating group) is 1. The van der Waals surface area contributed by atoms with Crippen LogP contribution in [0.25, 0.3) is 0 Å². The van der Waals surface area contributed by atoms with Crippen LogP contribution in [0.15, 0.2) is 0 Å². The fourth-order valence-electron chi connectivity index (χ4n) is 5.24.